The Morgan fingerprint density at radius 2 is 1.89 bits per heavy atom. The molecule has 1 saturated carbocycles. The van der Waals surface area contributed by atoms with E-state index in [9.17, 15) is 4.79 Å². The number of hydrogen-bond acceptors (Lipinski definition) is 2. The van der Waals surface area contributed by atoms with Gasteiger partial charge in [0.1, 0.15) is 0 Å². The van der Waals surface area contributed by atoms with Crippen LogP contribution in [0.15, 0.2) is 0 Å². The molecular weight excluding hydrogens is 236 g/mol. The molecule has 0 aromatic rings. The molecule has 1 amide bonds. The largest absolute Gasteiger partial charge is 0.352 e. The molecule has 0 aromatic heterocycles. The van der Waals surface area contributed by atoms with E-state index in [4.69, 9.17) is 0 Å². The Morgan fingerprint density at radius 1 is 1.21 bits per heavy atom. The van der Waals surface area contributed by atoms with Crippen molar-refractivity contribution in [2.75, 3.05) is 6.54 Å². The molecule has 0 radical (unpaired) electrons. The lowest BCUT2D eigenvalue weighted by atomic mass is 9.77. The fourth-order valence-electron chi connectivity index (χ4n) is 3.72. The molecule has 2 atom stereocenters. The van der Waals surface area contributed by atoms with Gasteiger partial charge >= 0.3 is 0 Å². The van der Waals surface area contributed by atoms with Gasteiger partial charge in [-0.3, -0.25) is 4.79 Å². The van der Waals surface area contributed by atoms with E-state index < -0.39 is 0 Å². The Balaban J connectivity index is 1.88. The molecule has 3 heteroatoms. The lowest BCUT2D eigenvalue weighted by Gasteiger charge is -2.39. The summed E-state index contributed by atoms with van der Waals surface area (Å²) in [4.78, 5) is 12.5. The van der Waals surface area contributed by atoms with Gasteiger partial charge in [0.05, 0.1) is 6.04 Å². The van der Waals surface area contributed by atoms with Gasteiger partial charge < -0.3 is 10.6 Å². The van der Waals surface area contributed by atoms with E-state index in [1.807, 2.05) is 0 Å². The zero-order valence-electron chi connectivity index (χ0n) is 12.8. The van der Waals surface area contributed by atoms with Crippen LogP contribution in [0.1, 0.15) is 65.7 Å². The van der Waals surface area contributed by atoms with Gasteiger partial charge in [0.2, 0.25) is 5.91 Å². The normalized spacial score (nSPS) is 29.7. The highest BCUT2D eigenvalue weighted by Gasteiger charge is 2.37. The summed E-state index contributed by atoms with van der Waals surface area (Å²) in [6.07, 6.45) is 8.90. The van der Waals surface area contributed by atoms with Crippen molar-refractivity contribution in [1.29, 1.82) is 0 Å². The molecule has 2 rings (SSSR count). The van der Waals surface area contributed by atoms with Crippen molar-refractivity contribution >= 4 is 5.91 Å². The van der Waals surface area contributed by atoms with Crippen molar-refractivity contribution in [2.45, 2.75) is 77.8 Å². The van der Waals surface area contributed by atoms with Gasteiger partial charge in [0.25, 0.3) is 0 Å². The average Bonchev–Trinajstić information content (AvgIpc) is 2.39. The summed E-state index contributed by atoms with van der Waals surface area (Å²) in [5, 5.41) is 6.68. The number of hydrogen-bond donors (Lipinski definition) is 2. The summed E-state index contributed by atoms with van der Waals surface area (Å²) in [5.74, 6) is 0.896. The van der Waals surface area contributed by atoms with Crippen LogP contribution < -0.4 is 10.6 Å². The maximum absolute atomic E-state index is 12.5. The zero-order valence-corrected chi connectivity index (χ0v) is 12.8. The minimum atomic E-state index is -0.0210. The van der Waals surface area contributed by atoms with Gasteiger partial charge in [-0.25, -0.2) is 0 Å². The van der Waals surface area contributed by atoms with E-state index in [-0.39, 0.29) is 17.4 Å². The molecule has 3 nitrogen and oxygen atoms in total. The van der Waals surface area contributed by atoms with Gasteiger partial charge in [0, 0.05) is 6.04 Å². The first-order chi connectivity index (χ1) is 9.00. The second-order valence-electron chi connectivity index (χ2n) is 7.17. The molecule has 1 unspecified atom stereocenters. The Kier molecular flexibility index (Phi) is 4.88. The molecular formula is C16H30N2O. The third-order valence-electron chi connectivity index (χ3n) is 5.12. The van der Waals surface area contributed by atoms with E-state index in [2.05, 4.69) is 31.4 Å². The van der Waals surface area contributed by atoms with Crippen molar-refractivity contribution in [3.63, 3.8) is 0 Å². The van der Waals surface area contributed by atoms with E-state index in [0.29, 0.717) is 12.0 Å². The molecule has 0 spiro atoms. The standard InChI is InChI=1S/C16H30N2O/c1-12(13-8-5-4-6-9-13)18-15(19)14-16(2,3)10-7-11-17-14/h12-14,17H,4-11H2,1-3H3,(H,18,19)/t12-,14?/m0/s1. The first kappa shape index (κ1) is 14.8. The predicted octanol–water partition coefficient (Wildman–Crippen LogP) is 2.85. The Morgan fingerprint density at radius 3 is 2.53 bits per heavy atom. The molecule has 1 heterocycles. The predicted molar refractivity (Wildman–Crippen MR) is 79.0 cm³/mol. The number of piperidine rings is 1. The molecule has 1 saturated heterocycles. The monoisotopic (exact) mass is 266 g/mol. The summed E-state index contributed by atoms with van der Waals surface area (Å²) in [5.41, 5.74) is 0.0780. The SMILES string of the molecule is C[C@H](NC(=O)C1NCCCC1(C)C)C1CCCCC1. The van der Waals surface area contributed by atoms with Crippen LogP contribution in [0.5, 0.6) is 0 Å². The quantitative estimate of drug-likeness (QED) is 0.824. The molecule has 2 fully saturated rings. The van der Waals surface area contributed by atoms with Crippen LogP contribution in [-0.2, 0) is 4.79 Å². The highest BCUT2D eigenvalue weighted by Crippen LogP contribution is 2.31. The van der Waals surface area contributed by atoms with E-state index in [1.165, 1.54) is 38.5 Å². The maximum Gasteiger partial charge on any atom is 0.237 e. The molecule has 2 aliphatic rings. The smallest absolute Gasteiger partial charge is 0.237 e. The summed E-state index contributed by atoms with van der Waals surface area (Å²) in [6.45, 7) is 7.56. The Hall–Kier alpha value is -0.570. The van der Waals surface area contributed by atoms with Crippen LogP contribution in [0.25, 0.3) is 0 Å². The first-order valence-electron chi connectivity index (χ1n) is 8.04. The summed E-state index contributed by atoms with van der Waals surface area (Å²) < 4.78 is 0. The van der Waals surface area contributed by atoms with Gasteiger partial charge in [0.15, 0.2) is 0 Å². The molecule has 0 aromatic carbocycles. The minimum Gasteiger partial charge on any atom is -0.352 e. The van der Waals surface area contributed by atoms with Crippen molar-refractivity contribution in [3.05, 3.63) is 0 Å². The van der Waals surface area contributed by atoms with Crippen LogP contribution in [0.4, 0.5) is 0 Å². The van der Waals surface area contributed by atoms with E-state index >= 15 is 0 Å². The van der Waals surface area contributed by atoms with Crippen molar-refractivity contribution < 1.29 is 4.79 Å². The van der Waals surface area contributed by atoms with Crippen LogP contribution in [0.3, 0.4) is 0 Å². The number of amides is 1. The van der Waals surface area contributed by atoms with Crippen molar-refractivity contribution in [2.24, 2.45) is 11.3 Å². The van der Waals surface area contributed by atoms with E-state index in [1.54, 1.807) is 0 Å². The number of carbonyl (C=O) groups excluding carboxylic acids is 1. The molecule has 1 aliphatic heterocycles. The van der Waals surface area contributed by atoms with Crippen molar-refractivity contribution in [3.8, 4) is 0 Å². The Bertz CT molecular complexity index is 308. The molecule has 1 aliphatic carbocycles. The molecule has 19 heavy (non-hydrogen) atoms. The molecule has 2 N–H and O–H groups in total. The lowest BCUT2D eigenvalue weighted by molar-refractivity contribution is -0.127. The summed E-state index contributed by atoms with van der Waals surface area (Å²) in [7, 11) is 0. The van der Waals surface area contributed by atoms with Crippen LogP contribution >= 0.6 is 0 Å². The molecule has 0 bridgehead atoms. The second-order valence-corrected chi connectivity index (χ2v) is 7.17. The van der Waals surface area contributed by atoms with Gasteiger partial charge in [-0.05, 0) is 50.5 Å². The number of rotatable bonds is 3. The highest BCUT2D eigenvalue weighted by atomic mass is 16.2. The van der Waals surface area contributed by atoms with E-state index in [0.717, 1.165) is 13.0 Å². The fourth-order valence-corrected chi connectivity index (χ4v) is 3.72. The summed E-state index contributed by atoms with van der Waals surface area (Å²) >= 11 is 0. The van der Waals surface area contributed by atoms with Crippen LogP contribution in [-0.4, -0.2) is 24.5 Å². The number of carbonyl (C=O) groups is 1. The zero-order chi connectivity index (χ0) is 13.9. The Labute approximate surface area is 117 Å². The first-order valence-corrected chi connectivity index (χ1v) is 8.04. The third-order valence-corrected chi connectivity index (χ3v) is 5.12. The van der Waals surface area contributed by atoms with Gasteiger partial charge in [-0.2, -0.15) is 0 Å². The average molecular weight is 266 g/mol. The second kappa shape index (κ2) is 6.25. The highest BCUT2D eigenvalue weighted by molar-refractivity contribution is 5.83. The lowest BCUT2D eigenvalue weighted by Crippen LogP contribution is -2.57. The van der Waals surface area contributed by atoms with Crippen LogP contribution in [0.2, 0.25) is 0 Å². The van der Waals surface area contributed by atoms with Crippen molar-refractivity contribution in [1.82, 2.24) is 10.6 Å². The van der Waals surface area contributed by atoms with Gasteiger partial charge in [-0.1, -0.05) is 33.1 Å². The van der Waals surface area contributed by atoms with Gasteiger partial charge in [-0.15, -0.1) is 0 Å². The maximum atomic E-state index is 12.5. The van der Waals surface area contributed by atoms with Crippen LogP contribution in [0, 0.1) is 11.3 Å². The number of nitrogens with one attached hydrogen (secondary N) is 2. The third kappa shape index (κ3) is 3.71. The molecule has 110 valence electrons. The minimum absolute atomic E-state index is 0.0210. The fraction of sp³-hybridized carbons (Fsp3) is 0.938. The summed E-state index contributed by atoms with van der Waals surface area (Å²) in [6, 6.07) is 0.305. The topological polar surface area (TPSA) is 41.1 Å².